The third-order valence-corrected chi connectivity index (χ3v) is 6.33. The van der Waals surface area contributed by atoms with Gasteiger partial charge >= 0.3 is 5.69 Å². The Balaban J connectivity index is 1.84. The van der Waals surface area contributed by atoms with Crippen LogP contribution >= 0.6 is 11.3 Å². The number of aryl methyl sites for hydroxylation is 2. The summed E-state index contributed by atoms with van der Waals surface area (Å²) in [7, 11) is 1.51. The van der Waals surface area contributed by atoms with Crippen molar-refractivity contribution in [1.82, 2.24) is 14.5 Å². The van der Waals surface area contributed by atoms with Crippen LogP contribution in [0.4, 0.5) is 0 Å². The summed E-state index contributed by atoms with van der Waals surface area (Å²) in [6.45, 7) is 3.72. The molecule has 0 bridgehead atoms. The molecule has 160 valence electrons. The van der Waals surface area contributed by atoms with Crippen LogP contribution in [0.3, 0.4) is 0 Å². The van der Waals surface area contributed by atoms with Crippen LogP contribution in [0.15, 0.2) is 56.7 Å². The summed E-state index contributed by atoms with van der Waals surface area (Å²) in [6, 6.07) is 10.2. The number of benzene rings is 1. The highest BCUT2D eigenvalue weighted by Gasteiger charge is 2.21. The second-order valence-electron chi connectivity index (χ2n) is 7.03. The second kappa shape index (κ2) is 8.27. The predicted octanol–water partition coefficient (Wildman–Crippen LogP) is 2.75. The van der Waals surface area contributed by atoms with Crippen LogP contribution in [0.5, 0.6) is 5.75 Å². The van der Waals surface area contributed by atoms with Gasteiger partial charge in [0.15, 0.2) is 0 Å². The first-order chi connectivity index (χ1) is 14.9. The first-order valence-electron chi connectivity index (χ1n) is 9.59. The zero-order valence-corrected chi connectivity index (χ0v) is 18.1. The van der Waals surface area contributed by atoms with Gasteiger partial charge in [0.05, 0.1) is 31.0 Å². The molecule has 1 N–H and O–H groups in total. The molecule has 31 heavy (non-hydrogen) atoms. The molecule has 0 aliphatic heterocycles. The van der Waals surface area contributed by atoms with Crippen molar-refractivity contribution in [3.63, 3.8) is 0 Å². The minimum atomic E-state index is -0.583. The van der Waals surface area contributed by atoms with Gasteiger partial charge in [-0.1, -0.05) is 6.07 Å². The quantitative estimate of drug-likeness (QED) is 0.498. The Kier molecular flexibility index (Phi) is 5.51. The summed E-state index contributed by atoms with van der Waals surface area (Å²) in [5.41, 5.74) is 0.179. The number of carbonyl (C=O) groups excluding carboxylic acids is 1. The number of furan rings is 1. The summed E-state index contributed by atoms with van der Waals surface area (Å²) in [5.74, 6) is 0.763. The maximum absolute atomic E-state index is 13.4. The lowest BCUT2D eigenvalue weighted by atomic mass is 10.2. The Morgan fingerprint density at radius 3 is 2.71 bits per heavy atom. The van der Waals surface area contributed by atoms with E-state index in [4.69, 9.17) is 9.15 Å². The van der Waals surface area contributed by atoms with Gasteiger partial charge in [-0.2, -0.15) is 0 Å². The van der Waals surface area contributed by atoms with E-state index in [-0.39, 0.29) is 19.0 Å². The predicted molar refractivity (Wildman–Crippen MR) is 118 cm³/mol. The molecule has 3 aromatic heterocycles. The van der Waals surface area contributed by atoms with Crippen molar-refractivity contribution in [1.29, 1.82) is 0 Å². The lowest BCUT2D eigenvalue weighted by molar-refractivity contribution is -0.121. The van der Waals surface area contributed by atoms with E-state index in [2.05, 4.69) is 5.32 Å². The van der Waals surface area contributed by atoms with E-state index in [1.807, 2.05) is 13.8 Å². The highest BCUT2D eigenvalue weighted by Crippen LogP contribution is 2.27. The van der Waals surface area contributed by atoms with Gasteiger partial charge in [-0.25, -0.2) is 9.36 Å². The van der Waals surface area contributed by atoms with Crippen LogP contribution in [0.2, 0.25) is 0 Å². The lowest BCUT2D eigenvalue weighted by Gasteiger charge is -2.13. The van der Waals surface area contributed by atoms with Gasteiger partial charge < -0.3 is 14.5 Å². The van der Waals surface area contributed by atoms with Crippen LogP contribution in [0.25, 0.3) is 15.9 Å². The highest BCUT2D eigenvalue weighted by atomic mass is 32.1. The lowest BCUT2D eigenvalue weighted by Crippen LogP contribution is -2.41. The maximum atomic E-state index is 13.4. The number of hydrogen-bond donors (Lipinski definition) is 1. The molecule has 0 aliphatic carbocycles. The van der Waals surface area contributed by atoms with E-state index in [1.165, 1.54) is 29.3 Å². The topological polar surface area (TPSA) is 95.5 Å². The number of nitrogens with zero attached hydrogens (tertiary/aromatic N) is 2. The van der Waals surface area contributed by atoms with Crippen molar-refractivity contribution >= 4 is 27.5 Å². The Labute approximate surface area is 181 Å². The summed E-state index contributed by atoms with van der Waals surface area (Å²) >= 11 is 1.33. The molecule has 0 aliphatic rings. The van der Waals surface area contributed by atoms with E-state index in [1.54, 1.807) is 36.4 Å². The Morgan fingerprint density at radius 1 is 1.19 bits per heavy atom. The Bertz CT molecular complexity index is 1380. The number of aromatic nitrogens is 2. The average Bonchev–Trinajstić information content (AvgIpc) is 3.38. The molecule has 0 atom stereocenters. The van der Waals surface area contributed by atoms with Gasteiger partial charge in [0, 0.05) is 10.9 Å². The molecule has 3 heterocycles. The van der Waals surface area contributed by atoms with Crippen LogP contribution < -0.4 is 21.3 Å². The fourth-order valence-electron chi connectivity index (χ4n) is 3.37. The van der Waals surface area contributed by atoms with Crippen molar-refractivity contribution < 1.29 is 13.9 Å². The minimum absolute atomic E-state index is 0.210. The summed E-state index contributed by atoms with van der Waals surface area (Å²) in [6.07, 6.45) is 1.52. The highest BCUT2D eigenvalue weighted by molar-refractivity contribution is 7.18. The average molecular weight is 439 g/mol. The first-order valence-corrected chi connectivity index (χ1v) is 10.4. The van der Waals surface area contributed by atoms with Gasteiger partial charge in [-0.3, -0.25) is 14.2 Å². The van der Waals surface area contributed by atoms with E-state index >= 15 is 0 Å². The van der Waals surface area contributed by atoms with Crippen LogP contribution in [-0.2, 0) is 17.9 Å². The number of thiophene rings is 1. The van der Waals surface area contributed by atoms with Crippen LogP contribution in [0.1, 0.15) is 16.2 Å². The van der Waals surface area contributed by atoms with E-state index < -0.39 is 11.2 Å². The smallest absolute Gasteiger partial charge is 0.337 e. The molecule has 8 nitrogen and oxygen atoms in total. The summed E-state index contributed by atoms with van der Waals surface area (Å²) < 4.78 is 12.9. The molecule has 0 spiro atoms. The Morgan fingerprint density at radius 2 is 2.00 bits per heavy atom. The molecule has 0 radical (unpaired) electrons. The minimum Gasteiger partial charge on any atom is -0.497 e. The first kappa shape index (κ1) is 20.7. The zero-order valence-electron chi connectivity index (χ0n) is 17.3. The van der Waals surface area contributed by atoms with E-state index in [0.29, 0.717) is 27.4 Å². The van der Waals surface area contributed by atoms with Crippen molar-refractivity contribution in [2.45, 2.75) is 26.9 Å². The van der Waals surface area contributed by atoms with Crippen LogP contribution in [0, 0.1) is 13.8 Å². The van der Waals surface area contributed by atoms with Gasteiger partial charge in [-0.15, -0.1) is 11.3 Å². The molecular formula is C22H21N3O5S. The monoisotopic (exact) mass is 439 g/mol. The van der Waals surface area contributed by atoms with Gasteiger partial charge in [0.25, 0.3) is 5.56 Å². The van der Waals surface area contributed by atoms with Gasteiger partial charge in [0.1, 0.15) is 22.9 Å². The van der Waals surface area contributed by atoms with Crippen molar-refractivity contribution in [3.05, 3.63) is 79.7 Å². The molecule has 4 rings (SSSR count). The number of amides is 1. The molecule has 0 saturated heterocycles. The molecule has 0 unspecified atom stereocenters. The van der Waals surface area contributed by atoms with Crippen molar-refractivity contribution in [2.24, 2.45) is 0 Å². The van der Waals surface area contributed by atoms with E-state index in [0.717, 1.165) is 15.0 Å². The molecule has 0 saturated carbocycles. The number of methoxy groups -OCH3 is 1. The molecule has 4 aromatic rings. The summed E-state index contributed by atoms with van der Waals surface area (Å²) in [5, 5.41) is 3.18. The number of rotatable bonds is 6. The van der Waals surface area contributed by atoms with Gasteiger partial charge in [0.2, 0.25) is 5.91 Å². The van der Waals surface area contributed by atoms with E-state index in [9.17, 15) is 14.4 Å². The summed E-state index contributed by atoms with van der Waals surface area (Å²) in [4.78, 5) is 40.7. The molecule has 1 amide bonds. The normalized spacial score (nSPS) is 11.1. The number of carbonyl (C=O) groups is 1. The van der Waals surface area contributed by atoms with Gasteiger partial charge in [-0.05, 0) is 43.7 Å². The van der Waals surface area contributed by atoms with Crippen molar-refractivity contribution in [3.8, 4) is 11.4 Å². The fraction of sp³-hybridized carbons (Fsp3) is 0.227. The standard InChI is InChI=1S/C22H21N3O5S/c1-13-14(2)31-21-19(13)20(27)25(15-6-4-7-16(10-15)29-3)22(28)24(21)12-18(26)23-11-17-8-5-9-30-17/h4-10H,11-12H2,1-3H3,(H,23,26). The SMILES string of the molecule is COc1cccc(-n2c(=O)c3c(C)c(C)sc3n(CC(=O)NCc3ccco3)c2=O)c1. The molecule has 9 heteroatoms. The third kappa shape index (κ3) is 3.79. The third-order valence-electron chi connectivity index (χ3n) is 5.10. The molecule has 1 aromatic carbocycles. The largest absolute Gasteiger partial charge is 0.497 e. The van der Waals surface area contributed by atoms with Crippen LogP contribution in [-0.4, -0.2) is 22.2 Å². The second-order valence-corrected chi connectivity index (χ2v) is 8.23. The number of nitrogens with one attached hydrogen (secondary N) is 1. The maximum Gasteiger partial charge on any atom is 0.337 e. The fourth-order valence-corrected chi connectivity index (χ4v) is 4.51. The Hall–Kier alpha value is -3.59. The molecular weight excluding hydrogens is 418 g/mol. The zero-order chi connectivity index (χ0) is 22.1. The number of fused-ring (bicyclic) bond motifs is 1. The van der Waals surface area contributed by atoms with Crippen molar-refractivity contribution in [2.75, 3.05) is 7.11 Å². The number of hydrogen-bond acceptors (Lipinski definition) is 6. The number of ether oxygens (including phenoxy) is 1. The molecule has 0 fully saturated rings.